The average Bonchev–Trinajstić information content (AvgIpc) is 2.14. The Bertz CT molecular complexity index is 184. The van der Waals surface area contributed by atoms with Crippen molar-refractivity contribution in [2.75, 3.05) is 0 Å². The molecule has 0 aliphatic carbocycles. The molecule has 6 heteroatoms. The van der Waals surface area contributed by atoms with Crippen molar-refractivity contribution in [2.24, 2.45) is 7.05 Å². The van der Waals surface area contributed by atoms with E-state index < -0.39 is 21.6 Å². The molecular formula is C4H5IN2OWY-2. The molecule has 0 saturated carbocycles. The van der Waals surface area contributed by atoms with Gasteiger partial charge in [-0.15, -0.1) is 0 Å². The largest absolute Gasteiger partial charge is 0 e. The van der Waals surface area contributed by atoms with E-state index in [0.717, 1.165) is 3.57 Å². The molecule has 0 atom stereocenters. The second-order valence-electron chi connectivity index (χ2n) is 1.31. The van der Waals surface area contributed by atoms with Crippen LogP contribution in [-0.4, -0.2) is 13.2 Å². The molecule has 0 amide bonds. The molecule has 0 aliphatic heterocycles. The van der Waals surface area contributed by atoms with Crippen LogP contribution >= 0.6 is 0 Å². The first-order chi connectivity index (χ1) is 3.83. The molecule has 3 nitrogen and oxygen atoms in total. The van der Waals surface area contributed by atoms with Crippen LogP contribution in [0.15, 0.2) is 6.20 Å². The second-order valence-corrected chi connectivity index (χ2v) is 2.96. The summed E-state index contributed by atoms with van der Waals surface area (Å²) in [5.74, 6) is 0. The molecule has 1 radical (unpaired) electrons. The van der Waals surface area contributed by atoms with Crippen LogP contribution in [0.2, 0.25) is 0 Å². The van der Waals surface area contributed by atoms with Crippen molar-refractivity contribution in [2.45, 2.75) is 0 Å². The fraction of sp³-hybridized carbons (Fsp3) is 0.250. The van der Waals surface area contributed by atoms with E-state index in [1.54, 1.807) is 17.9 Å². The topological polar surface area (TPSA) is 38.0 Å². The third-order valence-corrected chi connectivity index (χ3v) is 1.74. The smallest absolute Gasteiger partial charge is 0 e. The predicted octanol–water partition coefficient (Wildman–Crippen LogP) is -3.62. The maximum atomic E-state index is 8.58. The van der Waals surface area contributed by atoms with Crippen molar-refractivity contribution in [1.29, 1.82) is 0 Å². The molecule has 55 valence electrons. The molecule has 0 saturated heterocycles. The van der Waals surface area contributed by atoms with Gasteiger partial charge in [0.2, 0.25) is 0 Å². The molecule has 0 unspecified atom stereocenters. The van der Waals surface area contributed by atoms with Crippen molar-refractivity contribution in [3.63, 3.8) is 0 Å². The van der Waals surface area contributed by atoms with Gasteiger partial charge in [-0.05, 0) is 0 Å². The van der Waals surface area contributed by atoms with Crippen molar-refractivity contribution >= 4 is 0 Å². The summed E-state index contributed by atoms with van der Waals surface area (Å²) >= 11 is -0.809. The summed E-state index contributed by atoms with van der Waals surface area (Å²) < 4.78 is 11.0. The molecule has 10 heavy (non-hydrogen) atoms. The maximum Gasteiger partial charge on any atom is 0 e. The monoisotopic (exact) mass is 497 g/mol. The summed E-state index contributed by atoms with van der Waals surface area (Å²) in [7, 11) is 1.78. The van der Waals surface area contributed by atoms with Crippen LogP contribution in [0.25, 0.3) is 0 Å². The van der Waals surface area contributed by atoms with Gasteiger partial charge in [-0.3, -0.25) is 0 Å². The van der Waals surface area contributed by atoms with E-state index in [1.807, 2.05) is 0 Å². The standard InChI is InChI=1S/C4H5IN2O.W.Y/c1-7-3-4(5-8)2-6-7;;/h2,8H,1H3;;/q-2;;. The zero-order chi connectivity index (χ0) is 5.98. The number of nitrogens with zero attached hydrogens (tertiary/aromatic N) is 2. The Morgan fingerprint density at radius 3 is 2.60 bits per heavy atom. The number of rotatable bonds is 1. The van der Waals surface area contributed by atoms with Gasteiger partial charge in [0, 0.05) is 53.8 Å². The van der Waals surface area contributed by atoms with E-state index in [1.165, 1.54) is 0 Å². The Morgan fingerprint density at radius 1 is 1.80 bits per heavy atom. The first kappa shape index (κ1) is 14.2. The molecule has 1 N–H and O–H groups in total. The summed E-state index contributed by atoms with van der Waals surface area (Å²) in [4.78, 5) is 0. The molecule has 1 aromatic rings. The summed E-state index contributed by atoms with van der Waals surface area (Å²) in [5, 5.41) is 3.82. The molecule has 1 aromatic heterocycles. The quantitative estimate of drug-likeness (QED) is 0.322. The van der Waals surface area contributed by atoms with Gasteiger partial charge in [-0.1, -0.05) is 0 Å². The molecule has 1 heterocycles. The maximum absolute atomic E-state index is 8.58. The molecule has 1 rings (SSSR count). The Kier molecular flexibility index (Phi) is 10.5. The normalized spacial score (nSPS) is 8.20. The van der Waals surface area contributed by atoms with Crippen LogP contribution in [0.1, 0.15) is 0 Å². The Morgan fingerprint density at radius 2 is 2.40 bits per heavy atom. The average molecular weight is 497 g/mol. The van der Waals surface area contributed by atoms with Gasteiger partial charge in [0.1, 0.15) is 0 Å². The van der Waals surface area contributed by atoms with Crippen LogP contribution < -0.4 is 21.6 Å². The van der Waals surface area contributed by atoms with E-state index in [-0.39, 0.29) is 53.8 Å². The summed E-state index contributed by atoms with van der Waals surface area (Å²) in [5.41, 5.74) is 0. The van der Waals surface area contributed by atoms with E-state index in [4.69, 9.17) is 3.44 Å². The third-order valence-electron chi connectivity index (χ3n) is 0.704. The van der Waals surface area contributed by atoms with Gasteiger partial charge < -0.3 is 0 Å². The van der Waals surface area contributed by atoms with E-state index in [9.17, 15) is 0 Å². The Balaban J connectivity index is 0. The van der Waals surface area contributed by atoms with Crippen molar-refractivity contribution < 1.29 is 78.8 Å². The van der Waals surface area contributed by atoms with E-state index in [2.05, 4.69) is 11.3 Å². The van der Waals surface area contributed by atoms with Crippen LogP contribution in [0.4, 0.5) is 0 Å². The minimum Gasteiger partial charge on any atom is 0 e. The van der Waals surface area contributed by atoms with Crippen molar-refractivity contribution in [3.05, 3.63) is 16.0 Å². The Labute approximate surface area is 110 Å². The molecule has 0 aliphatic rings. The molecule has 0 spiro atoms. The molecule has 0 bridgehead atoms. The third kappa shape index (κ3) is 4.55. The summed E-state index contributed by atoms with van der Waals surface area (Å²) in [6, 6.07) is 0. The number of hydrogen-bond donors (Lipinski definition) is 1. The fourth-order valence-corrected chi connectivity index (χ4v) is 1.10. The zero-order valence-corrected chi connectivity index (χ0v) is 13.2. The van der Waals surface area contributed by atoms with Crippen LogP contribution in [-0.2, 0) is 60.8 Å². The minimum absolute atomic E-state index is 0. The fourth-order valence-electron chi connectivity index (χ4n) is 0.390. The number of aromatic nitrogens is 2. The predicted molar refractivity (Wildman–Crippen MR) is 23.0 cm³/mol. The van der Waals surface area contributed by atoms with E-state index >= 15 is 0 Å². The van der Waals surface area contributed by atoms with E-state index in [0.29, 0.717) is 0 Å². The molecular weight excluding hydrogens is 492 g/mol. The van der Waals surface area contributed by atoms with Crippen molar-refractivity contribution in [3.8, 4) is 0 Å². The number of halogens is 1. The van der Waals surface area contributed by atoms with Gasteiger partial charge in [-0.25, -0.2) is 0 Å². The van der Waals surface area contributed by atoms with Gasteiger partial charge in [-0.2, -0.15) is 0 Å². The zero-order valence-electron chi connectivity index (χ0n) is 5.28. The molecule has 0 aromatic carbocycles. The van der Waals surface area contributed by atoms with Crippen molar-refractivity contribution in [1.82, 2.24) is 9.78 Å². The Hall–Kier alpha value is 1.69. The van der Waals surface area contributed by atoms with Gasteiger partial charge >= 0.3 is 57.8 Å². The number of hydrogen-bond acceptors (Lipinski definition) is 2. The summed E-state index contributed by atoms with van der Waals surface area (Å²) in [6.07, 6.45) is 4.46. The minimum atomic E-state index is -0.809. The van der Waals surface area contributed by atoms with Gasteiger partial charge in [0.05, 0.1) is 0 Å². The van der Waals surface area contributed by atoms with Crippen LogP contribution in [0.3, 0.4) is 0 Å². The first-order valence-corrected chi connectivity index (χ1v) is 4.07. The number of aryl methyl sites for hydroxylation is 1. The van der Waals surface area contributed by atoms with Crippen LogP contribution in [0, 0.1) is 9.77 Å². The molecule has 0 fully saturated rings. The first-order valence-electron chi connectivity index (χ1n) is 2.03. The van der Waals surface area contributed by atoms with Gasteiger partial charge in [0.25, 0.3) is 0 Å². The van der Waals surface area contributed by atoms with Crippen LogP contribution in [0.5, 0.6) is 0 Å². The summed E-state index contributed by atoms with van der Waals surface area (Å²) in [6.45, 7) is 0. The SMILES string of the molecule is Cn1[c-]c([I-]O)cn1.[W].[Y]. The second kappa shape index (κ2) is 7.35. The van der Waals surface area contributed by atoms with Gasteiger partial charge in [0.15, 0.2) is 0 Å².